The largest absolute Gasteiger partial charge is 0.323 e. The fourth-order valence-corrected chi connectivity index (χ4v) is 2.12. The number of nitrogens with zero attached hydrogens (tertiary/aromatic N) is 2. The van der Waals surface area contributed by atoms with Crippen molar-refractivity contribution >= 4 is 5.91 Å². The Morgan fingerprint density at radius 2 is 2.17 bits per heavy atom. The summed E-state index contributed by atoms with van der Waals surface area (Å²) in [4.78, 5) is 13.4. The molecule has 1 saturated heterocycles. The van der Waals surface area contributed by atoms with E-state index >= 15 is 0 Å². The van der Waals surface area contributed by atoms with Crippen molar-refractivity contribution in [1.29, 1.82) is 5.26 Å². The van der Waals surface area contributed by atoms with Crippen LogP contribution in [0.3, 0.4) is 0 Å². The SMILES string of the molecule is N#CC1CCCCN1C(=O)c1cc(F)ccc1F. The second-order valence-corrected chi connectivity index (χ2v) is 4.26. The van der Waals surface area contributed by atoms with Crippen LogP contribution in [0.2, 0.25) is 0 Å². The Hall–Kier alpha value is -1.96. The Morgan fingerprint density at radius 1 is 1.39 bits per heavy atom. The number of rotatable bonds is 1. The second-order valence-electron chi connectivity index (χ2n) is 4.26. The molecule has 0 aromatic heterocycles. The van der Waals surface area contributed by atoms with E-state index in [0.717, 1.165) is 31.0 Å². The molecule has 2 rings (SSSR count). The van der Waals surface area contributed by atoms with Crippen molar-refractivity contribution < 1.29 is 13.6 Å². The molecule has 1 atom stereocenters. The Morgan fingerprint density at radius 3 is 2.89 bits per heavy atom. The monoisotopic (exact) mass is 250 g/mol. The van der Waals surface area contributed by atoms with Gasteiger partial charge in [-0.1, -0.05) is 0 Å². The summed E-state index contributed by atoms with van der Waals surface area (Å²) in [5.41, 5.74) is -0.308. The van der Waals surface area contributed by atoms with Crippen LogP contribution in [0, 0.1) is 23.0 Å². The Labute approximate surface area is 104 Å². The molecule has 1 fully saturated rings. The van der Waals surface area contributed by atoms with Gasteiger partial charge in [0.15, 0.2) is 0 Å². The van der Waals surface area contributed by atoms with Gasteiger partial charge in [0.25, 0.3) is 5.91 Å². The molecule has 1 unspecified atom stereocenters. The Kier molecular flexibility index (Phi) is 3.56. The summed E-state index contributed by atoms with van der Waals surface area (Å²) in [5, 5.41) is 8.97. The molecular weight excluding hydrogens is 238 g/mol. The van der Waals surface area contributed by atoms with Crippen LogP contribution in [-0.4, -0.2) is 23.4 Å². The van der Waals surface area contributed by atoms with Crippen LogP contribution in [0.15, 0.2) is 18.2 Å². The summed E-state index contributed by atoms with van der Waals surface area (Å²) in [6, 6.07) is 4.24. The average molecular weight is 250 g/mol. The van der Waals surface area contributed by atoms with Gasteiger partial charge in [0.1, 0.15) is 17.7 Å². The molecule has 1 aliphatic heterocycles. The molecule has 0 saturated carbocycles. The van der Waals surface area contributed by atoms with Crippen LogP contribution in [0.25, 0.3) is 0 Å². The maximum absolute atomic E-state index is 13.5. The lowest BCUT2D eigenvalue weighted by molar-refractivity contribution is 0.0665. The molecule has 1 heterocycles. The third-order valence-electron chi connectivity index (χ3n) is 3.07. The topological polar surface area (TPSA) is 44.1 Å². The summed E-state index contributed by atoms with van der Waals surface area (Å²) in [7, 11) is 0. The normalized spacial score (nSPS) is 19.4. The minimum absolute atomic E-state index is 0.308. The molecule has 0 aliphatic carbocycles. The van der Waals surface area contributed by atoms with Crippen molar-refractivity contribution in [2.75, 3.05) is 6.54 Å². The lowest BCUT2D eigenvalue weighted by Crippen LogP contribution is -2.43. The first-order valence-electron chi connectivity index (χ1n) is 5.79. The van der Waals surface area contributed by atoms with Gasteiger partial charge >= 0.3 is 0 Å². The number of hydrogen-bond donors (Lipinski definition) is 0. The summed E-state index contributed by atoms with van der Waals surface area (Å²) in [6.07, 6.45) is 2.23. The van der Waals surface area contributed by atoms with Gasteiger partial charge in [-0.3, -0.25) is 4.79 Å². The highest BCUT2D eigenvalue weighted by Crippen LogP contribution is 2.20. The smallest absolute Gasteiger partial charge is 0.258 e. The molecule has 0 bridgehead atoms. The quantitative estimate of drug-likeness (QED) is 0.768. The third kappa shape index (κ3) is 2.33. The highest BCUT2D eigenvalue weighted by atomic mass is 19.1. The molecule has 0 N–H and O–H groups in total. The van der Waals surface area contributed by atoms with E-state index in [-0.39, 0.29) is 5.56 Å². The van der Waals surface area contributed by atoms with Crippen molar-refractivity contribution in [1.82, 2.24) is 4.90 Å². The van der Waals surface area contributed by atoms with E-state index in [2.05, 4.69) is 0 Å². The lowest BCUT2D eigenvalue weighted by atomic mass is 10.0. The van der Waals surface area contributed by atoms with Gasteiger partial charge in [0.05, 0.1) is 11.6 Å². The predicted octanol–water partition coefficient (Wildman–Crippen LogP) is 2.48. The maximum Gasteiger partial charge on any atom is 0.258 e. The Balaban J connectivity index is 2.30. The van der Waals surface area contributed by atoms with E-state index in [4.69, 9.17) is 5.26 Å². The van der Waals surface area contributed by atoms with Gasteiger partial charge in [-0.15, -0.1) is 0 Å². The van der Waals surface area contributed by atoms with Crippen LogP contribution in [0.4, 0.5) is 8.78 Å². The van der Waals surface area contributed by atoms with Crippen LogP contribution in [0.5, 0.6) is 0 Å². The summed E-state index contributed by atoms with van der Waals surface area (Å²) >= 11 is 0. The fraction of sp³-hybridized carbons (Fsp3) is 0.385. The molecule has 1 amide bonds. The lowest BCUT2D eigenvalue weighted by Gasteiger charge is -2.31. The van der Waals surface area contributed by atoms with E-state index in [0.29, 0.717) is 13.0 Å². The molecule has 5 heteroatoms. The third-order valence-corrected chi connectivity index (χ3v) is 3.07. The maximum atomic E-state index is 13.5. The van der Waals surface area contributed by atoms with Crippen molar-refractivity contribution in [2.24, 2.45) is 0 Å². The number of hydrogen-bond acceptors (Lipinski definition) is 2. The van der Waals surface area contributed by atoms with Gasteiger partial charge in [0, 0.05) is 6.54 Å². The van der Waals surface area contributed by atoms with Gasteiger partial charge in [-0.25, -0.2) is 8.78 Å². The number of piperidine rings is 1. The average Bonchev–Trinajstić information content (AvgIpc) is 2.40. The number of amides is 1. The molecule has 1 aliphatic rings. The summed E-state index contributed by atoms with van der Waals surface area (Å²) in [5.74, 6) is -2.04. The first kappa shape index (κ1) is 12.5. The zero-order chi connectivity index (χ0) is 13.1. The van der Waals surface area contributed by atoms with Gasteiger partial charge in [0.2, 0.25) is 0 Å². The van der Waals surface area contributed by atoms with Crippen LogP contribution in [0.1, 0.15) is 29.6 Å². The van der Waals surface area contributed by atoms with Gasteiger partial charge in [-0.05, 0) is 37.5 Å². The zero-order valence-corrected chi connectivity index (χ0v) is 9.70. The number of likely N-dealkylation sites (tertiary alicyclic amines) is 1. The first-order valence-corrected chi connectivity index (χ1v) is 5.79. The van der Waals surface area contributed by atoms with Gasteiger partial charge in [-0.2, -0.15) is 5.26 Å². The number of nitriles is 1. The van der Waals surface area contributed by atoms with Crippen molar-refractivity contribution in [3.05, 3.63) is 35.4 Å². The van der Waals surface area contributed by atoms with Crippen LogP contribution in [-0.2, 0) is 0 Å². The molecular formula is C13H12F2N2O. The molecule has 0 spiro atoms. The molecule has 18 heavy (non-hydrogen) atoms. The highest BCUT2D eigenvalue weighted by molar-refractivity contribution is 5.95. The van der Waals surface area contributed by atoms with E-state index in [1.54, 1.807) is 0 Å². The molecule has 1 aromatic rings. The predicted molar refractivity (Wildman–Crippen MR) is 60.6 cm³/mol. The van der Waals surface area contributed by atoms with E-state index in [9.17, 15) is 13.6 Å². The van der Waals surface area contributed by atoms with Crippen LogP contribution < -0.4 is 0 Å². The summed E-state index contributed by atoms with van der Waals surface area (Å²) in [6.45, 7) is 0.410. The van der Waals surface area contributed by atoms with E-state index in [1.807, 2.05) is 6.07 Å². The molecule has 3 nitrogen and oxygen atoms in total. The molecule has 94 valence electrons. The number of benzene rings is 1. The standard InChI is InChI=1S/C13H12F2N2O/c14-9-4-5-12(15)11(7-9)13(18)17-6-2-1-3-10(17)8-16/h4-5,7,10H,1-3,6H2. The highest BCUT2D eigenvalue weighted by Gasteiger charge is 2.28. The van der Waals surface area contributed by atoms with E-state index < -0.39 is 23.6 Å². The number of carbonyl (C=O) groups is 1. The number of carbonyl (C=O) groups excluding carboxylic acids is 1. The minimum Gasteiger partial charge on any atom is -0.323 e. The number of halogens is 2. The zero-order valence-electron chi connectivity index (χ0n) is 9.70. The van der Waals surface area contributed by atoms with Gasteiger partial charge < -0.3 is 4.90 Å². The van der Waals surface area contributed by atoms with Crippen molar-refractivity contribution in [3.63, 3.8) is 0 Å². The second kappa shape index (κ2) is 5.13. The van der Waals surface area contributed by atoms with Crippen molar-refractivity contribution in [2.45, 2.75) is 25.3 Å². The molecule has 1 aromatic carbocycles. The van der Waals surface area contributed by atoms with E-state index in [1.165, 1.54) is 4.90 Å². The first-order chi connectivity index (χ1) is 8.63. The fourth-order valence-electron chi connectivity index (χ4n) is 2.12. The minimum atomic E-state index is -0.760. The summed E-state index contributed by atoms with van der Waals surface area (Å²) < 4.78 is 26.6. The Bertz CT molecular complexity index is 510. The molecule has 0 radical (unpaired) electrons. The van der Waals surface area contributed by atoms with Crippen LogP contribution >= 0.6 is 0 Å². The van der Waals surface area contributed by atoms with Crippen molar-refractivity contribution in [3.8, 4) is 6.07 Å².